The van der Waals surface area contributed by atoms with E-state index in [1.165, 1.54) is 0 Å². The molecule has 11 heteroatoms. The van der Waals surface area contributed by atoms with Crippen molar-refractivity contribution in [3.8, 4) is 0 Å². The van der Waals surface area contributed by atoms with Gasteiger partial charge in [-0.3, -0.25) is 5.26 Å². The maximum absolute atomic E-state index is 9.19. The van der Waals surface area contributed by atoms with E-state index in [1.807, 2.05) is 0 Å². The molecule has 15 heavy (non-hydrogen) atoms. The monoisotopic (exact) mass is 280 g/mol. The molecule has 0 spiro atoms. The standard InChI is InChI=1S/C4H10O2.2Na.H2O5S2/c1-4(2,3)6-5;;;1-6(2)5-7(3)4/h5H,1-3H3;;;(H,1,2)(H,3,4)/q;2*+1;/p-2. The van der Waals surface area contributed by atoms with E-state index in [4.69, 9.17) is 5.26 Å². The Balaban J connectivity index is -0.0000000718. The Morgan fingerprint density at radius 3 is 1.27 bits per heavy atom. The van der Waals surface area contributed by atoms with Crippen molar-refractivity contribution in [1.82, 2.24) is 0 Å². The predicted molar refractivity (Wildman–Crippen MR) is 42.4 cm³/mol. The molecule has 0 atom stereocenters. The fourth-order valence-electron chi connectivity index (χ4n) is 0.0454. The van der Waals surface area contributed by atoms with Crippen molar-refractivity contribution in [2.45, 2.75) is 26.4 Å². The van der Waals surface area contributed by atoms with Gasteiger partial charge < -0.3 is 9.11 Å². The Morgan fingerprint density at radius 2 is 1.27 bits per heavy atom. The minimum Gasteiger partial charge on any atom is -0.749 e. The minimum absolute atomic E-state index is 0. The van der Waals surface area contributed by atoms with Crippen LogP contribution in [0.25, 0.3) is 0 Å². The molecule has 0 amide bonds. The topological polar surface area (TPSA) is 119 Å². The van der Waals surface area contributed by atoms with Gasteiger partial charge in [0.2, 0.25) is 0 Å². The summed E-state index contributed by atoms with van der Waals surface area (Å²) < 4.78 is 39.9. The van der Waals surface area contributed by atoms with Crippen LogP contribution in [-0.2, 0) is 31.2 Å². The third-order valence-corrected chi connectivity index (χ3v) is 1.27. The van der Waals surface area contributed by atoms with E-state index in [0.29, 0.717) is 0 Å². The molecule has 82 valence electrons. The molecule has 0 heterocycles. The molecule has 0 unspecified atom stereocenters. The SMILES string of the molecule is CC(C)(C)OO.O=S([O-])OS(=O)[O-].[Na+].[Na+]. The summed E-state index contributed by atoms with van der Waals surface area (Å²) in [5.74, 6) is 0. The van der Waals surface area contributed by atoms with E-state index >= 15 is 0 Å². The molecule has 0 aromatic heterocycles. The number of rotatable bonds is 2. The molecule has 0 saturated carbocycles. The summed E-state index contributed by atoms with van der Waals surface area (Å²) in [6.45, 7) is 5.31. The first-order valence-electron chi connectivity index (χ1n) is 2.89. The zero-order valence-corrected chi connectivity index (χ0v) is 14.8. The largest absolute Gasteiger partial charge is 1.00 e. The molecule has 0 radical (unpaired) electrons. The van der Waals surface area contributed by atoms with Crippen LogP contribution in [-0.4, -0.2) is 28.4 Å². The van der Waals surface area contributed by atoms with E-state index in [0.717, 1.165) is 0 Å². The van der Waals surface area contributed by atoms with Crippen LogP contribution in [0.4, 0.5) is 0 Å². The average Bonchev–Trinajstić information content (AvgIpc) is 1.84. The molecular weight excluding hydrogens is 270 g/mol. The first kappa shape index (κ1) is 25.8. The summed E-state index contributed by atoms with van der Waals surface area (Å²) in [5.41, 5.74) is -0.403. The van der Waals surface area contributed by atoms with Crippen molar-refractivity contribution < 1.29 is 90.4 Å². The Kier molecular flexibility index (Phi) is 24.4. The van der Waals surface area contributed by atoms with Crippen molar-refractivity contribution in [2.75, 3.05) is 0 Å². The first-order chi connectivity index (χ1) is 5.69. The summed E-state index contributed by atoms with van der Waals surface area (Å²) in [6.07, 6.45) is 0. The number of hydrogen-bond acceptors (Lipinski definition) is 7. The van der Waals surface area contributed by atoms with E-state index in [9.17, 15) is 17.5 Å². The Hall–Kier alpha value is 2.10. The minimum atomic E-state index is -2.96. The molecule has 0 saturated heterocycles. The van der Waals surface area contributed by atoms with Gasteiger partial charge in [0.25, 0.3) is 0 Å². The van der Waals surface area contributed by atoms with Crippen molar-refractivity contribution in [2.24, 2.45) is 0 Å². The first-order valence-corrected chi connectivity index (χ1v) is 4.89. The van der Waals surface area contributed by atoms with Gasteiger partial charge in [0, 0.05) is 0 Å². The van der Waals surface area contributed by atoms with Crippen LogP contribution < -0.4 is 59.1 Å². The zero-order valence-electron chi connectivity index (χ0n) is 9.21. The van der Waals surface area contributed by atoms with E-state index in [2.05, 4.69) is 8.52 Å². The molecule has 0 bridgehead atoms. The maximum Gasteiger partial charge on any atom is 1.00 e. The normalized spacial score (nSPS) is 13.5. The van der Waals surface area contributed by atoms with Gasteiger partial charge >= 0.3 is 59.1 Å². The second-order valence-corrected chi connectivity index (χ2v) is 4.04. The smallest absolute Gasteiger partial charge is 0.749 e. The summed E-state index contributed by atoms with van der Waals surface area (Å²) in [6, 6.07) is 0. The molecule has 0 rings (SSSR count). The van der Waals surface area contributed by atoms with Crippen LogP contribution in [0.3, 0.4) is 0 Å². The van der Waals surface area contributed by atoms with Crippen molar-refractivity contribution in [3.63, 3.8) is 0 Å². The number of hydrogen-bond donors (Lipinski definition) is 1. The summed E-state index contributed by atoms with van der Waals surface area (Å²) in [7, 11) is 0. The van der Waals surface area contributed by atoms with Crippen molar-refractivity contribution in [3.05, 3.63) is 0 Å². The van der Waals surface area contributed by atoms with Gasteiger partial charge in [0.05, 0.1) is 28.3 Å². The van der Waals surface area contributed by atoms with Gasteiger partial charge in [-0.15, -0.1) is 0 Å². The summed E-state index contributed by atoms with van der Waals surface area (Å²) in [4.78, 5) is 3.94. The second kappa shape index (κ2) is 14.2. The molecule has 7 nitrogen and oxygen atoms in total. The Labute approximate surface area is 138 Å². The molecule has 0 aliphatic heterocycles. The molecule has 0 aliphatic carbocycles. The van der Waals surface area contributed by atoms with Gasteiger partial charge in [-0.25, -0.2) is 16.9 Å². The summed E-state index contributed by atoms with van der Waals surface area (Å²) >= 11 is -5.92. The summed E-state index contributed by atoms with van der Waals surface area (Å²) in [5, 5.41) is 7.90. The fourth-order valence-corrected chi connectivity index (χ4v) is 0.408. The van der Waals surface area contributed by atoms with E-state index in [1.54, 1.807) is 20.8 Å². The van der Waals surface area contributed by atoms with Crippen LogP contribution in [0.2, 0.25) is 0 Å². The predicted octanol–water partition coefficient (Wildman–Crippen LogP) is -6.13. The molecule has 0 aromatic rings. The maximum atomic E-state index is 9.19. The zero-order chi connectivity index (χ0) is 11.1. The molecule has 0 fully saturated rings. The fraction of sp³-hybridized carbons (Fsp3) is 1.00. The van der Waals surface area contributed by atoms with Crippen LogP contribution >= 0.6 is 0 Å². The van der Waals surface area contributed by atoms with Crippen molar-refractivity contribution >= 4 is 22.7 Å². The Morgan fingerprint density at radius 1 is 1.07 bits per heavy atom. The van der Waals surface area contributed by atoms with Gasteiger partial charge in [0.15, 0.2) is 0 Å². The van der Waals surface area contributed by atoms with E-state index < -0.39 is 28.3 Å². The van der Waals surface area contributed by atoms with Gasteiger partial charge in [0.1, 0.15) is 0 Å². The molecule has 0 aromatic carbocycles. The van der Waals surface area contributed by atoms with Crippen LogP contribution in [0, 0.1) is 0 Å². The van der Waals surface area contributed by atoms with E-state index in [-0.39, 0.29) is 59.1 Å². The van der Waals surface area contributed by atoms with Crippen LogP contribution in [0.15, 0.2) is 0 Å². The Bertz CT molecular complexity index is 170. The molecular formula is C4H10Na2O7S2. The third-order valence-electron chi connectivity index (χ3n) is 0.385. The van der Waals surface area contributed by atoms with Gasteiger partial charge in [-0.2, -0.15) is 0 Å². The van der Waals surface area contributed by atoms with Crippen LogP contribution in [0.1, 0.15) is 20.8 Å². The van der Waals surface area contributed by atoms with Crippen LogP contribution in [0.5, 0.6) is 0 Å². The van der Waals surface area contributed by atoms with Crippen molar-refractivity contribution in [1.29, 1.82) is 0 Å². The molecule has 1 N–H and O–H groups in total. The molecule has 0 aliphatic rings. The van der Waals surface area contributed by atoms with Gasteiger partial charge in [-0.1, -0.05) is 0 Å². The van der Waals surface area contributed by atoms with Gasteiger partial charge in [-0.05, 0) is 20.8 Å². The quantitative estimate of drug-likeness (QED) is 0.231. The third kappa shape index (κ3) is 38.7. The average molecular weight is 280 g/mol. The second-order valence-electron chi connectivity index (χ2n) is 2.68.